The Bertz CT molecular complexity index is 716. The van der Waals surface area contributed by atoms with Crippen LogP contribution in [0.5, 0.6) is 0 Å². The lowest BCUT2D eigenvalue weighted by Crippen LogP contribution is -1.90. The number of aromatic nitrogens is 5. The molecule has 5 nitrogen and oxygen atoms in total. The van der Waals surface area contributed by atoms with Gasteiger partial charge in [0.15, 0.2) is 11.5 Å². The van der Waals surface area contributed by atoms with Crippen molar-refractivity contribution in [1.82, 2.24) is 24.9 Å². The van der Waals surface area contributed by atoms with Crippen molar-refractivity contribution in [3.05, 3.63) is 35.8 Å². The predicted molar refractivity (Wildman–Crippen MR) is 65.0 cm³/mol. The molecule has 0 unspecified atom stereocenters. The first kappa shape index (κ1) is 11.4. The third kappa shape index (κ3) is 2.02. The quantitative estimate of drug-likeness (QED) is 0.732. The minimum atomic E-state index is -0.487. The number of hydrogen-bond acceptors (Lipinski definition) is 5. The van der Waals surface area contributed by atoms with Crippen LogP contribution in [0, 0.1) is 5.82 Å². The number of pyridine rings is 1. The van der Waals surface area contributed by atoms with Crippen molar-refractivity contribution in [2.75, 3.05) is 0 Å². The van der Waals surface area contributed by atoms with E-state index >= 15 is 0 Å². The molecule has 3 aromatic rings. The Morgan fingerprint density at radius 3 is 2.89 bits per heavy atom. The molecule has 1 N–H and O–H groups in total. The molecule has 0 aliphatic rings. The van der Waals surface area contributed by atoms with Gasteiger partial charge >= 0.3 is 0 Å². The molecule has 90 valence electrons. The van der Waals surface area contributed by atoms with E-state index in [1.54, 1.807) is 0 Å². The van der Waals surface area contributed by atoms with Crippen LogP contribution in [0.2, 0.25) is 5.02 Å². The van der Waals surface area contributed by atoms with E-state index in [-0.39, 0.29) is 10.0 Å². The summed E-state index contributed by atoms with van der Waals surface area (Å²) in [7, 11) is 0. The van der Waals surface area contributed by atoms with Crippen molar-refractivity contribution in [2.24, 2.45) is 0 Å². The van der Waals surface area contributed by atoms with Gasteiger partial charge in [-0.1, -0.05) is 11.6 Å². The molecule has 0 aliphatic carbocycles. The molecule has 0 atom stereocenters. The fourth-order valence-corrected chi connectivity index (χ4v) is 2.33. The van der Waals surface area contributed by atoms with E-state index in [9.17, 15) is 4.39 Å². The number of nitrogens with one attached hydrogen (secondary N) is 1. The van der Waals surface area contributed by atoms with Gasteiger partial charge in [-0.05, 0) is 17.8 Å². The summed E-state index contributed by atoms with van der Waals surface area (Å²) in [6, 6.07) is 1.21. The number of imidazole rings is 1. The van der Waals surface area contributed by atoms with Gasteiger partial charge in [0, 0.05) is 6.20 Å². The second kappa shape index (κ2) is 4.51. The maximum Gasteiger partial charge on any atom is 0.181 e. The lowest BCUT2D eigenvalue weighted by molar-refractivity contribution is 0.588. The van der Waals surface area contributed by atoms with Crippen molar-refractivity contribution >= 4 is 34.5 Å². The summed E-state index contributed by atoms with van der Waals surface area (Å²) in [6.07, 6.45) is 4.27. The smallest absolute Gasteiger partial charge is 0.181 e. The topological polar surface area (TPSA) is 67.3 Å². The predicted octanol–water partition coefficient (Wildman–Crippen LogP) is 2.69. The number of hydrogen-bond donors (Lipinski definition) is 1. The third-order valence-corrected chi connectivity index (χ3v) is 3.36. The van der Waals surface area contributed by atoms with Gasteiger partial charge in [-0.3, -0.25) is 0 Å². The fraction of sp³-hybridized carbons (Fsp3) is 0. The van der Waals surface area contributed by atoms with Gasteiger partial charge in [0.05, 0.1) is 11.3 Å². The van der Waals surface area contributed by atoms with Gasteiger partial charge in [0.1, 0.15) is 21.9 Å². The molecule has 0 amide bonds. The number of nitrogens with zero attached hydrogens (tertiary/aromatic N) is 4. The Labute approximate surface area is 110 Å². The van der Waals surface area contributed by atoms with Crippen molar-refractivity contribution in [3.63, 3.8) is 0 Å². The summed E-state index contributed by atoms with van der Waals surface area (Å²) >= 11 is 6.73. The molecule has 0 aliphatic heterocycles. The fourth-order valence-electron chi connectivity index (χ4n) is 1.39. The minimum Gasteiger partial charge on any atom is -0.341 e. The summed E-state index contributed by atoms with van der Waals surface area (Å²) < 4.78 is 13.6. The average molecular weight is 282 g/mol. The molecule has 3 heterocycles. The lowest BCUT2D eigenvalue weighted by atomic mass is 10.5. The molecule has 8 heteroatoms. The summed E-state index contributed by atoms with van der Waals surface area (Å²) in [4.78, 5) is 18.9. The lowest BCUT2D eigenvalue weighted by Gasteiger charge is -2.02. The molecule has 18 heavy (non-hydrogen) atoms. The van der Waals surface area contributed by atoms with Crippen molar-refractivity contribution in [3.8, 4) is 0 Å². The highest BCUT2D eigenvalue weighted by Gasteiger charge is 2.12. The van der Waals surface area contributed by atoms with Gasteiger partial charge in [-0.2, -0.15) is 0 Å². The van der Waals surface area contributed by atoms with Crippen molar-refractivity contribution in [2.45, 2.75) is 10.1 Å². The third-order valence-electron chi connectivity index (χ3n) is 2.16. The van der Waals surface area contributed by atoms with Gasteiger partial charge < -0.3 is 4.98 Å². The minimum absolute atomic E-state index is 0.203. The zero-order valence-corrected chi connectivity index (χ0v) is 10.3. The van der Waals surface area contributed by atoms with Crippen LogP contribution in [0.25, 0.3) is 11.2 Å². The van der Waals surface area contributed by atoms with E-state index in [2.05, 4.69) is 24.9 Å². The molecule has 3 rings (SSSR count). The second-order valence-corrected chi connectivity index (χ2v) is 4.74. The van der Waals surface area contributed by atoms with E-state index in [0.717, 1.165) is 11.8 Å². The first-order valence-electron chi connectivity index (χ1n) is 4.87. The summed E-state index contributed by atoms with van der Waals surface area (Å²) in [5.74, 6) is -0.487. The zero-order chi connectivity index (χ0) is 12.5. The highest BCUT2D eigenvalue weighted by atomic mass is 35.5. The number of fused-ring (bicyclic) bond motifs is 1. The SMILES string of the molecule is Fc1cc(Cl)cnc1Sc1ncnc2nc[nH]c12. The van der Waals surface area contributed by atoms with Crippen LogP contribution < -0.4 is 0 Å². The van der Waals surface area contributed by atoms with E-state index < -0.39 is 5.82 Å². The maximum absolute atomic E-state index is 13.6. The second-order valence-electron chi connectivity index (χ2n) is 3.32. The molecule has 0 aromatic carbocycles. The Kier molecular flexibility index (Phi) is 2.85. The summed E-state index contributed by atoms with van der Waals surface area (Å²) in [5, 5.41) is 1.02. The first-order chi connectivity index (χ1) is 8.74. The van der Waals surface area contributed by atoms with Crippen LogP contribution in [-0.4, -0.2) is 24.9 Å². The largest absolute Gasteiger partial charge is 0.341 e. The number of aromatic amines is 1. The van der Waals surface area contributed by atoms with Gasteiger partial charge in [0.25, 0.3) is 0 Å². The normalized spacial score (nSPS) is 11.0. The highest BCUT2D eigenvalue weighted by molar-refractivity contribution is 7.99. The van der Waals surface area contributed by atoms with Gasteiger partial charge in [-0.15, -0.1) is 0 Å². The van der Waals surface area contributed by atoms with Crippen molar-refractivity contribution < 1.29 is 4.39 Å². The average Bonchev–Trinajstić information content (AvgIpc) is 2.82. The molecular weight excluding hydrogens is 277 g/mol. The van der Waals surface area contributed by atoms with Crippen LogP contribution in [0.1, 0.15) is 0 Å². The van der Waals surface area contributed by atoms with E-state index in [0.29, 0.717) is 16.2 Å². The summed E-state index contributed by atoms with van der Waals surface area (Å²) in [6.45, 7) is 0. The molecule has 0 fully saturated rings. The Balaban J connectivity index is 2.03. The van der Waals surface area contributed by atoms with Gasteiger partial charge in [-0.25, -0.2) is 24.3 Å². The number of halogens is 2. The molecular formula is C10H5ClFN5S. The molecule has 0 saturated carbocycles. The Morgan fingerprint density at radius 1 is 1.17 bits per heavy atom. The van der Waals surface area contributed by atoms with E-state index in [1.165, 1.54) is 24.9 Å². The van der Waals surface area contributed by atoms with Crippen LogP contribution >= 0.6 is 23.4 Å². The standard InChI is InChI=1S/C10H5ClFN5S/c11-5-1-6(12)9(13-2-5)18-10-7-8(15-3-14-7)16-4-17-10/h1-4H,(H,14,15,16,17). The monoisotopic (exact) mass is 281 g/mol. The molecule has 0 radical (unpaired) electrons. The number of rotatable bonds is 2. The van der Waals surface area contributed by atoms with E-state index in [1.807, 2.05) is 0 Å². The molecule has 0 spiro atoms. The van der Waals surface area contributed by atoms with Gasteiger partial charge in [0.2, 0.25) is 0 Å². The molecule has 3 aromatic heterocycles. The first-order valence-corrected chi connectivity index (χ1v) is 6.06. The number of H-pyrrole nitrogens is 1. The van der Waals surface area contributed by atoms with Crippen LogP contribution in [0.4, 0.5) is 4.39 Å². The highest BCUT2D eigenvalue weighted by Crippen LogP contribution is 2.30. The Morgan fingerprint density at radius 2 is 2.06 bits per heavy atom. The maximum atomic E-state index is 13.6. The van der Waals surface area contributed by atoms with E-state index in [4.69, 9.17) is 11.6 Å². The summed E-state index contributed by atoms with van der Waals surface area (Å²) in [5.41, 5.74) is 1.18. The van der Waals surface area contributed by atoms with Crippen LogP contribution in [-0.2, 0) is 0 Å². The Hall–Kier alpha value is -1.73. The van der Waals surface area contributed by atoms with Crippen LogP contribution in [0.3, 0.4) is 0 Å². The molecule has 0 saturated heterocycles. The van der Waals surface area contributed by atoms with Crippen molar-refractivity contribution in [1.29, 1.82) is 0 Å². The zero-order valence-electron chi connectivity index (χ0n) is 8.76. The molecule has 0 bridgehead atoms. The van der Waals surface area contributed by atoms with Crippen LogP contribution in [0.15, 0.2) is 35.0 Å².